The van der Waals surface area contributed by atoms with Crippen LogP contribution in [0.5, 0.6) is 5.75 Å². The number of ether oxygens (including phenoxy) is 1. The fourth-order valence-electron chi connectivity index (χ4n) is 4.07. The first-order valence-electron chi connectivity index (χ1n) is 12.6. The fraction of sp³-hybridized carbons (Fsp3) is 0.407. The first kappa shape index (κ1) is 26.5. The SMILES string of the molecule is CCc1ccc(O[C@H](C)C(=O)NCc2nnc(SCC(=O)N3CCN(c4ccccc4)CC3)n2C)cc1. The van der Waals surface area contributed by atoms with E-state index in [4.69, 9.17) is 4.74 Å². The predicted molar refractivity (Wildman–Crippen MR) is 145 cm³/mol. The number of anilines is 1. The van der Waals surface area contributed by atoms with Crippen molar-refractivity contribution in [3.05, 3.63) is 66.0 Å². The summed E-state index contributed by atoms with van der Waals surface area (Å²) in [7, 11) is 1.84. The third kappa shape index (κ3) is 7.03. The average molecular weight is 523 g/mol. The molecule has 3 aromatic rings. The van der Waals surface area contributed by atoms with Gasteiger partial charge < -0.3 is 24.4 Å². The van der Waals surface area contributed by atoms with Crippen LogP contribution in [0.25, 0.3) is 0 Å². The lowest BCUT2D eigenvalue weighted by molar-refractivity contribution is -0.129. The third-order valence-electron chi connectivity index (χ3n) is 6.44. The van der Waals surface area contributed by atoms with Gasteiger partial charge in [0.2, 0.25) is 5.91 Å². The van der Waals surface area contributed by atoms with E-state index in [-0.39, 0.29) is 18.4 Å². The topological polar surface area (TPSA) is 92.6 Å². The number of hydrogen-bond acceptors (Lipinski definition) is 7. The Morgan fingerprint density at radius 2 is 1.73 bits per heavy atom. The third-order valence-corrected chi connectivity index (χ3v) is 7.44. The van der Waals surface area contributed by atoms with Crippen molar-refractivity contribution in [1.29, 1.82) is 0 Å². The molecule has 0 bridgehead atoms. The van der Waals surface area contributed by atoms with Gasteiger partial charge in [0.25, 0.3) is 5.91 Å². The summed E-state index contributed by atoms with van der Waals surface area (Å²) >= 11 is 1.36. The highest BCUT2D eigenvalue weighted by Crippen LogP contribution is 2.19. The maximum Gasteiger partial charge on any atom is 0.261 e. The molecule has 1 fully saturated rings. The summed E-state index contributed by atoms with van der Waals surface area (Å²) in [6.45, 7) is 7.07. The number of benzene rings is 2. The highest BCUT2D eigenvalue weighted by atomic mass is 32.2. The van der Waals surface area contributed by atoms with E-state index in [0.29, 0.717) is 35.6 Å². The van der Waals surface area contributed by atoms with E-state index >= 15 is 0 Å². The van der Waals surface area contributed by atoms with Gasteiger partial charge in [-0.15, -0.1) is 10.2 Å². The molecule has 9 nitrogen and oxygen atoms in total. The van der Waals surface area contributed by atoms with Crippen molar-refractivity contribution >= 4 is 29.3 Å². The van der Waals surface area contributed by atoms with Gasteiger partial charge >= 0.3 is 0 Å². The smallest absolute Gasteiger partial charge is 0.261 e. The Kier molecular flexibility index (Phi) is 9.05. The molecule has 0 radical (unpaired) electrons. The number of aryl methyl sites for hydroxylation is 1. The molecule has 0 saturated carbocycles. The Hall–Kier alpha value is -3.53. The first-order chi connectivity index (χ1) is 17.9. The molecule has 1 saturated heterocycles. The Bertz CT molecular complexity index is 1180. The molecule has 1 aliphatic heterocycles. The van der Waals surface area contributed by atoms with Crippen LogP contribution in [0.3, 0.4) is 0 Å². The van der Waals surface area contributed by atoms with Crippen molar-refractivity contribution < 1.29 is 14.3 Å². The molecule has 2 amide bonds. The van der Waals surface area contributed by atoms with Crippen LogP contribution in [-0.4, -0.2) is 69.5 Å². The number of piperazine rings is 1. The van der Waals surface area contributed by atoms with E-state index in [9.17, 15) is 9.59 Å². The second-order valence-electron chi connectivity index (χ2n) is 8.93. The minimum Gasteiger partial charge on any atom is -0.481 e. The number of nitrogens with zero attached hydrogens (tertiary/aromatic N) is 5. The van der Waals surface area contributed by atoms with Crippen molar-refractivity contribution in [1.82, 2.24) is 25.0 Å². The van der Waals surface area contributed by atoms with Crippen LogP contribution in [0, 0.1) is 0 Å². The molecule has 0 spiro atoms. The quantitative estimate of drug-likeness (QED) is 0.409. The number of amides is 2. The molecule has 2 aromatic carbocycles. The van der Waals surface area contributed by atoms with Crippen LogP contribution in [-0.2, 0) is 29.6 Å². The summed E-state index contributed by atoms with van der Waals surface area (Å²) in [6.07, 6.45) is 0.309. The molecule has 1 N–H and O–H groups in total. The van der Waals surface area contributed by atoms with Crippen molar-refractivity contribution in [2.45, 2.75) is 38.1 Å². The van der Waals surface area contributed by atoms with E-state index in [2.05, 4.69) is 39.5 Å². The lowest BCUT2D eigenvalue weighted by Crippen LogP contribution is -2.49. The lowest BCUT2D eigenvalue weighted by atomic mass is 10.2. The van der Waals surface area contributed by atoms with E-state index in [1.807, 2.05) is 54.4 Å². The normalized spacial score (nSPS) is 14.4. The minimum atomic E-state index is -0.644. The largest absolute Gasteiger partial charge is 0.481 e. The van der Waals surface area contributed by atoms with Crippen molar-refractivity contribution in [2.75, 3.05) is 36.8 Å². The number of rotatable bonds is 10. The maximum atomic E-state index is 12.8. The van der Waals surface area contributed by atoms with Gasteiger partial charge in [-0.1, -0.05) is 49.0 Å². The molecule has 1 atom stereocenters. The van der Waals surface area contributed by atoms with Crippen molar-refractivity contribution in [3.8, 4) is 5.75 Å². The molecular formula is C27H34N6O3S. The number of aromatic nitrogens is 3. The molecule has 37 heavy (non-hydrogen) atoms. The van der Waals surface area contributed by atoms with Gasteiger partial charge in [-0.05, 0) is 43.2 Å². The summed E-state index contributed by atoms with van der Waals surface area (Å²) in [6, 6.07) is 18.0. The molecule has 0 unspecified atom stereocenters. The summed E-state index contributed by atoms with van der Waals surface area (Å²) in [5, 5.41) is 11.9. The second-order valence-corrected chi connectivity index (χ2v) is 9.87. The standard InChI is InChI=1S/C27H34N6O3S/c1-4-21-10-12-23(13-11-21)36-20(2)26(35)28-18-24-29-30-27(31(24)3)37-19-25(34)33-16-14-32(15-17-33)22-8-6-5-7-9-22/h5-13,20H,4,14-19H2,1-3H3,(H,28,35)/t20-/m1/s1. The second kappa shape index (κ2) is 12.6. The Morgan fingerprint density at radius 3 is 2.41 bits per heavy atom. The number of hydrogen-bond donors (Lipinski definition) is 1. The van der Waals surface area contributed by atoms with Gasteiger partial charge in [0.05, 0.1) is 12.3 Å². The van der Waals surface area contributed by atoms with Crippen LogP contribution < -0.4 is 15.0 Å². The average Bonchev–Trinajstić information content (AvgIpc) is 3.30. The van der Waals surface area contributed by atoms with Crippen molar-refractivity contribution in [2.24, 2.45) is 7.05 Å². The van der Waals surface area contributed by atoms with E-state index < -0.39 is 6.10 Å². The highest BCUT2D eigenvalue weighted by molar-refractivity contribution is 7.99. The highest BCUT2D eigenvalue weighted by Gasteiger charge is 2.22. The number of carbonyl (C=O) groups is 2. The van der Waals surface area contributed by atoms with E-state index in [1.165, 1.54) is 23.0 Å². The van der Waals surface area contributed by atoms with Gasteiger partial charge in [-0.25, -0.2) is 0 Å². The molecule has 4 rings (SSSR count). The lowest BCUT2D eigenvalue weighted by Gasteiger charge is -2.36. The van der Waals surface area contributed by atoms with Gasteiger partial charge in [-0.3, -0.25) is 9.59 Å². The van der Waals surface area contributed by atoms with Gasteiger partial charge in [0, 0.05) is 38.9 Å². The zero-order chi connectivity index (χ0) is 26.2. The van der Waals surface area contributed by atoms with Crippen LogP contribution in [0.2, 0.25) is 0 Å². The van der Waals surface area contributed by atoms with Gasteiger partial charge in [0.15, 0.2) is 17.1 Å². The fourth-order valence-corrected chi connectivity index (χ4v) is 4.90. The van der Waals surface area contributed by atoms with Crippen LogP contribution in [0.15, 0.2) is 59.8 Å². The Labute approximate surface area is 222 Å². The van der Waals surface area contributed by atoms with Gasteiger partial charge in [0.1, 0.15) is 5.75 Å². The molecule has 2 heterocycles. The van der Waals surface area contributed by atoms with Gasteiger partial charge in [-0.2, -0.15) is 0 Å². The monoisotopic (exact) mass is 522 g/mol. The first-order valence-corrected chi connectivity index (χ1v) is 13.5. The summed E-state index contributed by atoms with van der Waals surface area (Å²) in [5.74, 6) is 1.42. The number of thioether (sulfide) groups is 1. The zero-order valence-corrected chi connectivity index (χ0v) is 22.4. The number of nitrogens with one attached hydrogen (secondary N) is 1. The predicted octanol–water partition coefficient (Wildman–Crippen LogP) is 2.90. The number of carbonyl (C=O) groups excluding carboxylic acids is 2. The maximum absolute atomic E-state index is 12.8. The molecular weight excluding hydrogens is 488 g/mol. The molecule has 1 aromatic heterocycles. The summed E-state index contributed by atoms with van der Waals surface area (Å²) in [5.41, 5.74) is 2.40. The van der Waals surface area contributed by atoms with E-state index in [0.717, 1.165) is 19.5 Å². The Morgan fingerprint density at radius 1 is 1.03 bits per heavy atom. The Balaban J connectivity index is 1.20. The molecule has 196 valence electrons. The molecule has 0 aliphatic carbocycles. The minimum absolute atomic E-state index is 0.0912. The molecule has 10 heteroatoms. The van der Waals surface area contributed by atoms with Crippen molar-refractivity contribution in [3.63, 3.8) is 0 Å². The molecule has 1 aliphatic rings. The zero-order valence-electron chi connectivity index (χ0n) is 21.6. The number of para-hydroxylation sites is 1. The van der Waals surface area contributed by atoms with Crippen LogP contribution in [0.1, 0.15) is 25.2 Å². The summed E-state index contributed by atoms with van der Waals surface area (Å²) < 4.78 is 7.56. The van der Waals surface area contributed by atoms with Crippen LogP contribution >= 0.6 is 11.8 Å². The van der Waals surface area contributed by atoms with E-state index in [1.54, 1.807) is 11.5 Å². The summed E-state index contributed by atoms with van der Waals surface area (Å²) in [4.78, 5) is 29.5. The van der Waals surface area contributed by atoms with Crippen LogP contribution in [0.4, 0.5) is 5.69 Å².